The largest absolute Gasteiger partial charge is 0.309 e. The first-order chi connectivity index (χ1) is 9.67. The van der Waals surface area contributed by atoms with Gasteiger partial charge in [-0.25, -0.2) is 0 Å². The van der Waals surface area contributed by atoms with Crippen molar-refractivity contribution in [1.29, 1.82) is 0 Å². The van der Waals surface area contributed by atoms with Crippen molar-refractivity contribution in [1.82, 2.24) is 5.32 Å². The Morgan fingerprint density at radius 1 is 1.35 bits per heavy atom. The predicted octanol–water partition coefficient (Wildman–Crippen LogP) is 3.45. The molecule has 1 aromatic rings. The molecule has 0 aromatic heterocycles. The predicted molar refractivity (Wildman–Crippen MR) is 87.4 cm³/mol. The number of fused-ring (bicyclic) bond motifs is 1. The monoisotopic (exact) mass is 293 g/mol. The van der Waals surface area contributed by atoms with Crippen LogP contribution in [0.15, 0.2) is 24.3 Å². The van der Waals surface area contributed by atoms with Crippen LogP contribution in [-0.4, -0.2) is 21.8 Å². The van der Waals surface area contributed by atoms with E-state index in [4.69, 9.17) is 0 Å². The first kappa shape index (κ1) is 15.7. The van der Waals surface area contributed by atoms with E-state index in [1.54, 1.807) is 0 Å². The van der Waals surface area contributed by atoms with Crippen LogP contribution in [0.3, 0.4) is 0 Å². The number of benzene rings is 1. The molecule has 1 aliphatic rings. The molecule has 4 atom stereocenters. The summed E-state index contributed by atoms with van der Waals surface area (Å²) in [6.45, 7) is 7.56. The van der Waals surface area contributed by atoms with Crippen LogP contribution in [0, 0.1) is 5.92 Å². The maximum atomic E-state index is 12.7. The van der Waals surface area contributed by atoms with E-state index in [1.807, 2.05) is 0 Å². The smallest absolute Gasteiger partial charge is 0.0583 e. The molecule has 0 amide bonds. The van der Waals surface area contributed by atoms with Gasteiger partial charge in [0.25, 0.3) is 0 Å². The number of hydrogen-bond acceptors (Lipinski definition) is 2. The van der Waals surface area contributed by atoms with Crippen molar-refractivity contribution in [3.63, 3.8) is 0 Å². The molecule has 0 fully saturated rings. The molecule has 2 nitrogen and oxygen atoms in total. The molecule has 1 aliphatic carbocycles. The summed E-state index contributed by atoms with van der Waals surface area (Å²) in [7, 11) is -0.748. The van der Waals surface area contributed by atoms with Gasteiger partial charge in [0.2, 0.25) is 0 Å². The minimum atomic E-state index is -0.748. The van der Waals surface area contributed by atoms with Gasteiger partial charge in [0.15, 0.2) is 0 Å². The third-order valence-electron chi connectivity index (χ3n) is 4.28. The van der Waals surface area contributed by atoms with Gasteiger partial charge in [-0.15, -0.1) is 0 Å². The van der Waals surface area contributed by atoms with Crippen molar-refractivity contribution in [3.05, 3.63) is 35.4 Å². The lowest BCUT2D eigenvalue weighted by atomic mass is 10.1. The summed E-state index contributed by atoms with van der Waals surface area (Å²) in [6.07, 6.45) is 3.18. The van der Waals surface area contributed by atoms with E-state index in [1.165, 1.54) is 11.1 Å². The van der Waals surface area contributed by atoms with E-state index in [0.29, 0.717) is 5.92 Å². The van der Waals surface area contributed by atoms with E-state index in [9.17, 15) is 4.21 Å². The Bertz CT molecular complexity index is 460. The van der Waals surface area contributed by atoms with Crippen molar-refractivity contribution in [3.8, 4) is 0 Å². The molecule has 0 aliphatic heterocycles. The van der Waals surface area contributed by atoms with Crippen molar-refractivity contribution in [2.24, 2.45) is 5.92 Å². The quantitative estimate of drug-likeness (QED) is 0.834. The van der Waals surface area contributed by atoms with Crippen molar-refractivity contribution >= 4 is 10.8 Å². The van der Waals surface area contributed by atoms with E-state index in [2.05, 4.69) is 50.4 Å². The molecule has 4 unspecified atom stereocenters. The van der Waals surface area contributed by atoms with E-state index >= 15 is 0 Å². The first-order valence-electron chi connectivity index (χ1n) is 7.85. The molecule has 1 N–H and O–H groups in total. The highest BCUT2D eigenvalue weighted by Crippen LogP contribution is 2.35. The number of rotatable bonds is 7. The lowest BCUT2D eigenvalue weighted by molar-refractivity contribution is 0.523. The minimum absolute atomic E-state index is 0.243. The molecule has 2 rings (SSSR count). The molecule has 0 saturated carbocycles. The summed E-state index contributed by atoms with van der Waals surface area (Å²) in [5.41, 5.74) is 2.74. The van der Waals surface area contributed by atoms with Crippen molar-refractivity contribution in [2.75, 3.05) is 12.3 Å². The maximum absolute atomic E-state index is 12.7. The highest BCUT2D eigenvalue weighted by atomic mass is 32.2. The van der Waals surface area contributed by atoms with Gasteiger partial charge < -0.3 is 5.32 Å². The normalized spacial score (nSPS) is 24.4. The highest BCUT2D eigenvalue weighted by Gasteiger charge is 2.35. The number of hydrogen-bond donors (Lipinski definition) is 1. The Hall–Kier alpha value is -0.670. The Morgan fingerprint density at radius 2 is 2.10 bits per heavy atom. The van der Waals surface area contributed by atoms with Gasteiger partial charge in [0, 0.05) is 22.6 Å². The zero-order valence-corrected chi connectivity index (χ0v) is 13.7. The zero-order valence-electron chi connectivity index (χ0n) is 12.9. The SMILES string of the molecule is CCCNC1c2ccccc2CC1S(=O)CC(C)CC. The van der Waals surface area contributed by atoms with Crippen LogP contribution in [0.1, 0.15) is 50.8 Å². The van der Waals surface area contributed by atoms with Crippen LogP contribution in [-0.2, 0) is 17.2 Å². The fraction of sp³-hybridized carbons (Fsp3) is 0.647. The summed E-state index contributed by atoms with van der Waals surface area (Å²) in [5, 5.41) is 3.86. The summed E-state index contributed by atoms with van der Waals surface area (Å²) in [4.78, 5) is 0. The Kier molecular flexibility index (Phi) is 5.79. The maximum Gasteiger partial charge on any atom is 0.0583 e. The molecule has 0 saturated heterocycles. The molecule has 0 bridgehead atoms. The second kappa shape index (κ2) is 7.37. The summed E-state index contributed by atoms with van der Waals surface area (Å²) >= 11 is 0. The standard InChI is InChI=1S/C17H27NOS/c1-4-10-18-17-15-9-7-6-8-14(15)11-16(17)20(19)12-13(3)5-2/h6-9,13,16-18H,4-5,10-12H2,1-3H3. The van der Waals surface area contributed by atoms with Gasteiger partial charge in [-0.1, -0.05) is 51.5 Å². The molecule has 1 aromatic carbocycles. The molecular weight excluding hydrogens is 266 g/mol. The van der Waals surface area contributed by atoms with E-state index in [0.717, 1.165) is 31.6 Å². The average Bonchev–Trinajstić information content (AvgIpc) is 2.83. The molecule has 3 heteroatoms. The van der Waals surface area contributed by atoms with E-state index in [-0.39, 0.29) is 11.3 Å². The lowest BCUT2D eigenvalue weighted by Gasteiger charge is -2.22. The topological polar surface area (TPSA) is 29.1 Å². The summed E-state index contributed by atoms with van der Waals surface area (Å²) in [5.74, 6) is 1.38. The van der Waals surface area contributed by atoms with Crippen LogP contribution in [0.5, 0.6) is 0 Å². The van der Waals surface area contributed by atoms with Gasteiger partial charge in [0.1, 0.15) is 0 Å². The average molecular weight is 293 g/mol. The fourth-order valence-electron chi connectivity index (χ4n) is 2.87. The van der Waals surface area contributed by atoms with Crippen LogP contribution in [0.4, 0.5) is 0 Å². The van der Waals surface area contributed by atoms with Crippen molar-refractivity contribution in [2.45, 2.75) is 51.3 Å². The number of nitrogens with one attached hydrogen (secondary N) is 1. The van der Waals surface area contributed by atoms with Gasteiger partial charge in [-0.2, -0.15) is 0 Å². The third kappa shape index (κ3) is 3.50. The first-order valence-corrected chi connectivity index (χ1v) is 9.23. The minimum Gasteiger partial charge on any atom is -0.309 e. The molecule has 0 radical (unpaired) electrons. The Balaban J connectivity index is 2.14. The van der Waals surface area contributed by atoms with Crippen LogP contribution >= 0.6 is 0 Å². The summed E-state index contributed by atoms with van der Waals surface area (Å²) in [6, 6.07) is 8.85. The van der Waals surface area contributed by atoms with Crippen LogP contribution in [0.25, 0.3) is 0 Å². The van der Waals surface area contributed by atoms with Gasteiger partial charge >= 0.3 is 0 Å². The van der Waals surface area contributed by atoms with E-state index < -0.39 is 10.8 Å². The zero-order chi connectivity index (χ0) is 14.5. The van der Waals surface area contributed by atoms with Crippen LogP contribution in [0.2, 0.25) is 0 Å². The molecule has 112 valence electrons. The second-order valence-corrected chi connectivity index (χ2v) is 7.63. The van der Waals surface area contributed by atoms with Gasteiger partial charge in [-0.05, 0) is 36.4 Å². The molecule has 0 spiro atoms. The second-order valence-electron chi connectivity index (χ2n) is 5.93. The molecular formula is C17H27NOS. The summed E-state index contributed by atoms with van der Waals surface area (Å²) < 4.78 is 12.7. The highest BCUT2D eigenvalue weighted by molar-refractivity contribution is 7.85. The Labute approximate surface area is 125 Å². The molecule has 20 heavy (non-hydrogen) atoms. The third-order valence-corrected chi connectivity index (χ3v) is 6.29. The van der Waals surface area contributed by atoms with Gasteiger partial charge in [-0.3, -0.25) is 4.21 Å². The van der Waals surface area contributed by atoms with Crippen LogP contribution < -0.4 is 5.32 Å². The Morgan fingerprint density at radius 3 is 2.80 bits per heavy atom. The van der Waals surface area contributed by atoms with Gasteiger partial charge in [0.05, 0.1) is 5.25 Å². The fourth-order valence-corrected chi connectivity index (χ4v) is 4.82. The molecule has 0 heterocycles. The lowest BCUT2D eigenvalue weighted by Crippen LogP contribution is -2.34. The van der Waals surface area contributed by atoms with Crippen molar-refractivity contribution < 1.29 is 4.21 Å².